The first kappa shape index (κ1) is 34.6. The molecule has 2 rings (SSSR count). The molecule has 0 aromatic heterocycles. The Balaban J connectivity index is 0.00000578. The second-order valence-electron chi connectivity index (χ2n) is 8.21. The molecule has 0 aliphatic heterocycles. The van der Waals surface area contributed by atoms with Crippen LogP contribution in [0.15, 0.2) is 34.8 Å². The van der Waals surface area contributed by atoms with Gasteiger partial charge in [0.15, 0.2) is 11.5 Å². The van der Waals surface area contributed by atoms with Crippen LogP contribution in [0, 0.1) is 0 Å². The van der Waals surface area contributed by atoms with Gasteiger partial charge in [-0.25, -0.2) is 0 Å². The molecule has 0 fully saturated rings. The summed E-state index contributed by atoms with van der Waals surface area (Å²) in [7, 11) is 1.66. The predicted molar refractivity (Wildman–Crippen MR) is 159 cm³/mol. The Kier molecular flexibility index (Phi) is 19.5. The number of unbranched alkanes of at least 4 members (excludes halogenated alkanes) is 2. The summed E-state index contributed by atoms with van der Waals surface area (Å²) in [5.74, 6) is 1.35. The fourth-order valence-corrected chi connectivity index (χ4v) is 4.63. The maximum Gasteiger partial charge on any atom is 0.175 e. The third-order valence-corrected chi connectivity index (χ3v) is 6.67. The largest absolute Gasteiger partial charge is 0.493 e. The number of nitrogens with one attached hydrogen (secondary N) is 1. The van der Waals surface area contributed by atoms with E-state index in [2.05, 4.69) is 46.1 Å². The molecule has 0 saturated carbocycles. The highest BCUT2D eigenvalue weighted by atomic mass is 79.9. The summed E-state index contributed by atoms with van der Waals surface area (Å²) in [6.45, 7) is 10.2. The molecule has 1 N–H and O–H groups in total. The summed E-state index contributed by atoms with van der Waals surface area (Å²) in [6.07, 6.45) is 6.22. The van der Waals surface area contributed by atoms with Crippen molar-refractivity contribution in [1.82, 2.24) is 10.2 Å². The summed E-state index contributed by atoms with van der Waals surface area (Å²) in [4.78, 5) is 2.60. The Morgan fingerprint density at radius 1 is 0.943 bits per heavy atom. The van der Waals surface area contributed by atoms with Crippen LogP contribution in [0.2, 0.25) is 10.0 Å². The number of hydrogen-bond acceptors (Lipinski definition) is 4. The van der Waals surface area contributed by atoms with Gasteiger partial charge in [-0.15, -0.1) is 24.8 Å². The Labute approximate surface area is 242 Å². The van der Waals surface area contributed by atoms with E-state index in [4.69, 9.17) is 32.7 Å². The first-order chi connectivity index (χ1) is 16.0. The van der Waals surface area contributed by atoms with Crippen molar-refractivity contribution in [3.05, 3.63) is 56.0 Å². The Bertz CT molecular complexity index is 850. The third-order valence-electron chi connectivity index (χ3n) is 5.49. The average Bonchev–Trinajstić information content (AvgIpc) is 2.80. The van der Waals surface area contributed by atoms with E-state index >= 15 is 0 Å². The topological polar surface area (TPSA) is 33.7 Å². The lowest BCUT2D eigenvalue weighted by molar-refractivity contribution is 0.261. The molecule has 35 heavy (non-hydrogen) atoms. The zero-order valence-corrected chi connectivity index (χ0v) is 25.6. The minimum Gasteiger partial charge on any atom is -0.493 e. The van der Waals surface area contributed by atoms with E-state index in [0.717, 1.165) is 41.7 Å². The van der Waals surface area contributed by atoms with Crippen LogP contribution in [0.3, 0.4) is 0 Å². The highest BCUT2D eigenvalue weighted by Gasteiger charge is 2.13. The zero-order valence-electron chi connectivity index (χ0n) is 20.9. The molecule has 0 aliphatic rings. The van der Waals surface area contributed by atoms with Crippen molar-refractivity contribution in [2.24, 2.45) is 0 Å². The number of benzene rings is 2. The van der Waals surface area contributed by atoms with Gasteiger partial charge >= 0.3 is 0 Å². The summed E-state index contributed by atoms with van der Waals surface area (Å²) >= 11 is 15.9. The summed E-state index contributed by atoms with van der Waals surface area (Å²) < 4.78 is 12.5. The fourth-order valence-electron chi connectivity index (χ4n) is 3.56. The third kappa shape index (κ3) is 12.6. The molecule has 0 spiro atoms. The molecular weight excluding hydrogens is 594 g/mol. The van der Waals surface area contributed by atoms with Crippen LogP contribution in [0.4, 0.5) is 0 Å². The number of hydrogen-bond donors (Lipinski definition) is 1. The first-order valence-corrected chi connectivity index (χ1v) is 13.4. The smallest absolute Gasteiger partial charge is 0.175 e. The van der Waals surface area contributed by atoms with Gasteiger partial charge in [0.2, 0.25) is 0 Å². The highest BCUT2D eigenvalue weighted by Crippen LogP contribution is 2.37. The minimum atomic E-state index is 0. The van der Waals surface area contributed by atoms with Crippen molar-refractivity contribution in [3.63, 3.8) is 0 Å². The first-order valence-electron chi connectivity index (χ1n) is 11.8. The molecule has 0 atom stereocenters. The molecule has 0 bridgehead atoms. The monoisotopic (exact) mass is 630 g/mol. The van der Waals surface area contributed by atoms with Crippen LogP contribution in [-0.4, -0.2) is 38.2 Å². The summed E-state index contributed by atoms with van der Waals surface area (Å²) in [5.41, 5.74) is 2.01. The normalized spacial score (nSPS) is 10.6. The van der Waals surface area contributed by atoms with Gasteiger partial charge in [0, 0.05) is 22.2 Å². The molecule has 0 heterocycles. The number of methoxy groups -OCH3 is 1. The molecule has 9 heteroatoms. The van der Waals surface area contributed by atoms with Gasteiger partial charge in [-0.2, -0.15) is 0 Å². The van der Waals surface area contributed by atoms with E-state index in [9.17, 15) is 0 Å². The van der Waals surface area contributed by atoms with E-state index in [-0.39, 0.29) is 24.8 Å². The van der Waals surface area contributed by atoms with Gasteiger partial charge in [0.05, 0.1) is 11.6 Å². The van der Waals surface area contributed by atoms with Gasteiger partial charge in [0.1, 0.15) is 6.61 Å². The number of rotatable bonds is 16. The lowest BCUT2D eigenvalue weighted by Crippen LogP contribution is -2.29. The van der Waals surface area contributed by atoms with Gasteiger partial charge in [-0.3, -0.25) is 0 Å². The average molecular weight is 633 g/mol. The Morgan fingerprint density at radius 2 is 1.60 bits per heavy atom. The van der Waals surface area contributed by atoms with E-state index in [0.29, 0.717) is 28.2 Å². The standard InChI is InChI=1S/C26H37BrCl2N2O2.2ClH/c1-4-6-12-31(13-7-5-2)14-8-11-30-18-20-15-23(27)26(25(16-20)32-3)33-19-21-9-10-22(28)17-24(21)29;;/h9-10,15-17,30H,4-8,11-14,18-19H2,1-3H3;2*1H. The fraction of sp³-hybridized carbons (Fsp3) is 0.538. The molecule has 0 saturated heterocycles. The van der Waals surface area contributed by atoms with Crippen LogP contribution in [0.25, 0.3) is 0 Å². The molecule has 0 amide bonds. The van der Waals surface area contributed by atoms with Crippen LogP contribution < -0.4 is 14.8 Å². The number of ether oxygens (including phenoxy) is 2. The van der Waals surface area contributed by atoms with Gasteiger partial charge in [-0.1, -0.05) is 56.0 Å². The SMILES string of the molecule is CCCCN(CCCC)CCCNCc1cc(Br)c(OCc2ccc(Cl)cc2Cl)c(OC)c1.Cl.Cl. The van der Waals surface area contributed by atoms with E-state index in [1.807, 2.05) is 12.1 Å². The van der Waals surface area contributed by atoms with E-state index in [1.165, 1.54) is 38.8 Å². The predicted octanol–water partition coefficient (Wildman–Crippen LogP) is 8.57. The molecule has 2 aromatic rings. The molecule has 2 aromatic carbocycles. The maximum absolute atomic E-state index is 6.27. The van der Waals surface area contributed by atoms with Gasteiger partial charge < -0.3 is 19.7 Å². The van der Waals surface area contributed by atoms with E-state index in [1.54, 1.807) is 19.2 Å². The van der Waals surface area contributed by atoms with Crippen LogP contribution >= 0.6 is 63.9 Å². The molecule has 0 unspecified atom stereocenters. The molecule has 0 aliphatic carbocycles. The summed E-state index contributed by atoms with van der Waals surface area (Å²) in [5, 5.41) is 4.75. The number of nitrogens with zero attached hydrogens (tertiary/aromatic N) is 1. The summed E-state index contributed by atoms with van der Waals surface area (Å²) in [6, 6.07) is 9.49. The zero-order chi connectivity index (χ0) is 24.1. The molecular formula is C26H39BrCl4N2O2. The van der Waals surface area contributed by atoms with Crippen molar-refractivity contribution in [2.75, 3.05) is 33.3 Å². The quantitative estimate of drug-likeness (QED) is 0.188. The van der Waals surface area contributed by atoms with Crippen molar-refractivity contribution in [2.45, 2.75) is 59.1 Å². The molecule has 0 radical (unpaired) electrons. The van der Waals surface area contributed by atoms with Crippen molar-refractivity contribution in [3.8, 4) is 11.5 Å². The second-order valence-corrected chi connectivity index (χ2v) is 9.91. The van der Waals surface area contributed by atoms with Gasteiger partial charge in [0.25, 0.3) is 0 Å². The number of halogens is 5. The molecule has 4 nitrogen and oxygen atoms in total. The van der Waals surface area contributed by atoms with Crippen LogP contribution in [0.5, 0.6) is 11.5 Å². The van der Waals surface area contributed by atoms with Gasteiger partial charge in [-0.05, 0) is 91.2 Å². The van der Waals surface area contributed by atoms with Crippen LogP contribution in [-0.2, 0) is 13.2 Å². The Hall–Kier alpha value is -0.400. The lowest BCUT2D eigenvalue weighted by Gasteiger charge is -2.22. The van der Waals surface area contributed by atoms with Crippen molar-refractivity contribution < 1.29 is 9.47 Å². The van der Waals surface area contributed by atoms with Crippen LogP contribution in [0.1, 0.15) is 57.1 Å². The minimum absolute atomic E-state index is 0. The Morgan fingerprint density at radius 3 is 2.20 bits per heavy atom. The lowest BCUT2D eigenvalue weighted by atomic mass is 10.2. The molecule has 200 valence electrons. The maximum atomic E-state index is 6.27. The van der Waals surface area contributed by atoms with Crippen molar-refractivity contribution in [1.29, 1.82) is 0 Å². The van der Waals surface area contributed by atoms with Crippen molar-refractivity contribution >= 4 is 63.9 Å². The van der Waals surface area contributed by atoms with E-state index < -0.39 is 0 Å². The highest BCUT2D eigenvalue weighted by molar-refractivity contribution is 9.10. The second kappa shape index (κ2) is 19.7.